The molecule has 0 radical (unpaired) electrons. The minimum Gasteiger partial charge on any atom is -0.354 e. The van der Waals surface area contributed by atoms with Gasteiger partial charge in [-0.3, -0.25) is 28.3 Å². The molecular weight excluding hydrogens is 705 g/mol. The van der Waals surface area contributed by atoms with Crippen molar-refractivity contribution >= 4 is 44.7 Å². The van der Waals surface area contributed by atoms with Gasteiger partial charge in [-0.15, -0.1) is 0 Å². The van der Waals surface area contributed by atoms with Crippen molar-refractivity contribution in [3.05, 3.63) is 64.8 Å². The second kappa shape index (κ2) is 16.1. The van der Waals surface area contributed by atoms with E-state index in [0.29, 0.717) is 28.2 Å². The summed E-state index contributed by atoms with van der Waals surface area (Å²) >= 11 is 0. The van der Waals surface area contributed by atoms with Crippen LogP contribution < -0.4 is 27.0 Å². The Kier molecular flexibility index (Phi) is 11.8. The van der Waals surface area contributed by atoms with Gasteiger partial charge < -0.3 is 21.3 Å². The number of fused-ring (bicyclic) bond motifs is 2. The SMILES string of the molecule is CC(C)C[C@H]1NC(=O)[C@@H](C)NC(=O)CN(S(=O)(=O)c2ccc3c(c2)n(C)c(=O)n3C)CCCNC(=O)Cn2nc(-c3ccccc3)nc2[C@H](C)NC1=O. The maximum Gasteiger partial charge on any atom is 0.328 e. The van der Waals surface area contributed by atoms with Crippen LogP contribution in [0.3, 0.4) is 0 Å². The molecule has 18 heteroatoms. The van der Waals surface area contributed by atoms with E-state index in [-0.39, 0.29) is 49.0 Å². The summed E-state index contributed by atoms with van der Waals surface area (Å²) in [5.41, 5.74) is 1.28. The van der Waals surface area contributed by atoms with E-state index in [9.17, 15) is 32.4 Å². The molecular formula is C35H46N10O7S. The lowest BCUT2D eigenvalue weighted by atomic mass is 10.0. The zero-order chi connectivity index (χ0) is 38.6. The second-order valence-corrected chi connectivity index (χ2v) is 15.6. The molecule has 0 fully saturated rings. The van der Waals surface area contributed by atoms with Gasteiger partial charge in [0.15, 0.2) is 5.82 Å². The lowest BCUT2D eigenvalue weighted by Crippen LogP contribution is -2.54. The molecule has 3 heterocycles. The summed E-state index contributed by atoms with van der Waals surface area (Å²) in [7, 11) is -1.21. The second-order valence-electron chi connectivity index (χ2n) is 13.6. The summed E-state index contributed by atoms with van der Waals surface area (Å²) in [4.78, 5) is 70.6. The maximum absolute atomic E-state index is 14.0. The number of sulfonamides is 1. The molecule has 1 aliphatic rings. The normalized spacial score (nSPS) is 20.5. The Morgan fingerprint density at radius 2 is 1.53 bits per heavy atom. The zero-order valence-electron chi connectivity index (χ0n) is 30.6. The minimum atomic E-state index is -4.32. The number of amides is 4. The number of nitrogens with zero attached hydrogens (tertiary/aromatic N) is 6. The van der Waals surface area contributed by atoms with E-state index in [1.165, 1.54) is 46.0 Å². The molecule has 0 saturated carbocycles. The van der Waals surface area contributed by atoms with Gasteiger partial charge in [0.2, 0.25) is 33.7 Å². The summed E-state index contributed by atoms with van der Waals surface area (Å²) in [6, 6.07) is 10.6. The summed E-state index contributed by atoms with van der Waals surface area (Å²) in [6.45, 7) is 5.93. The average molecular weight is 751 g/mol. The number of hydrogen-bond acceptors (Lipinski definition) is 9. The molecule has 17 nitrogen and oxygen atoms in total. The van der Waals surface area contributed by atoms with E-state index in [1.807, 2.05) is 44.2 Å². The number of benzene rings is 2. The Hall–Kier alpha value is -5.36. The Labute approximate surface area is 307 Å². The smallest absolute Gasteiger partial charge is 0.328 e. The molecule has 3 atom stereocenters. The highest BCUT2D eigenvalue weighted by molar-refractivity contribution is 7.89. The van der Waals surface area contributed by atoms with Crippen molar-refractivity contribution in [2.45, 2.75) is 70.1 Å². The molecule has 0 bridgehead atoms. The number of rotatable bonds is 5. The van der Waals surface area contributed by atoms with Gasteiger partial charge in [-0.1, -0.05) is 44.2 Å². The summed E-state index contributed by atoms with van der Waals surface area (Å²) in [6.07, 6.45) is 0.405. The van der Waals surface area contributed by atoms with Crippen molar-refractivity contribution in [2.24, 2.45) is 20.0 Å². The van der Waals surface area contributed by atoms with Gasteiger partial charge in [0.05, 0.1) is 28.5 Å². The molecule has 0 aliphatic carbocycles. The van der Waals surface area contributed by atoms with Crippen molar-refractivity contribution < 1.29 is 27.6 Å². The third-order valence-electron chi connectivity index (χ3n) is 8.99. The van der Waals surface area contributed by atoms with Crippen LogP contribution in [-0.2, 0) is 49.8 Å². The first kappa shape index (κ1) is 38.9. The molecule has 53 heavy (non-hydrogen) atoms. The van der Waals surface area contributed by atoms with E-state index in [4.69, 9.17) is 0 Å². The van der Waals surface area contributed by atoms with E-state index in [0.717, 1.165) is 4.31 Å². The molecule has 4 amide bonds. The molecule has 2 aromatic carbocycles. The van der Waals surface area contributed by atoms with Crippen molar-refractivity contribution in [1.82, 2.24) is 49.5 Å². The quantitative estimate of drug-likeness (QED) is 0.224. The van der Waals surface area contributed by atoms with E-state index >= 15 is 0 Å². The van der Waals surface area contributed by atoms with Gasteiger partial charge in [0.1, 0.15) is 24.5 Å². The van der Waals surface area contributed by atoms with Gasteiger partial charge >= 0.3 is 5.69 Å². The lowest BCUT2D eigenvalue weighted by molar-refractivity contribution is -0.132. The zero-order valence-corrected chi connectivity index (χ0v) is 31.4. The fourth-order valence-electron chi connectivity index (χ4n) is 6.15. The number of aryl methyl sites for hydroxylation is 2. The van der Waals surface area contributed by atoms with Crippen molar-refractivity contribution in [2.75, 3.05) is 19.6 Å². The third-order valence-corrected chi connectivity index (χ3v) is 10.8. The van der Waals surface area contributed by atoms with Crippen LogP contribution in [0.1, 0.15) is 52.4 Å². The van der Waals surface area contributed by atoms with Crippen LogP contribution in [0, 0.1) is 5.92 Å². The molecule has 2 aromatic heterocycles. The number of carbonyl (C=O) groups is 4. The first-order valence-corrected chi connectivity index (χ1v) is 18.8. The standard InChI is InChI=1S/C35H46N10O7S/c1-21(2)17-26-34(49)38-22(3)32-40-31(24-11-8-7-9-12-24)41-45(32)20-29(46)36-15-10-16-44(19-30(47)37-23(4)33(48)39-26)53(51,52)25-13-14-27-28(18-25)43(6)35(50)42(27)5/h7-9,11-14,18,21-23,26H,10,15-17,19-20H2,1-6H3,(H,36,46)(H,37,47)(H,38,49)(H,39,48)/t22-,23+,26+/m0/s1. The minimum absolute atomic E-state index is 0.00110. The lowest BCUT2D eigenvalue weighted by Gasteiger charge is -2.25. The van der Waals surface area contributed by atoms with Crippen LogP contribution in [0.15, 0.2) is 58.2 Å². The summed E-state index contributed by atoms with van der Waals surface area (Å²) in [5.74, 6) is -1.67. The highest BCUT2D eigenvalue weighted by Crippen LogP contribution is 2.22. The van der Waals surface area contributed by atoms with Crippen LogP contribution in [0.4, 0.5) is 0 Å². The van der Waals surface area contributed by atoms with Gasteiger partial charge in [-0.25, -0.2) is 22.9 Å². The topological polar surface area (TPSA) is 211 Å². The molecule has 0 unspecified atom stereocenters. The number of carbonyl (C=O) groups excluding carboxylic acids is 4. The highest BCUT2D eigenvalue weighted by atomic mass is 32.2. The van der Waals surface area contributed by atoms with Crippen molar-refractivity contribution in [3.63, 3.8) is 0 Å². The third kappa shape index (κ3) is 8.82. The monoisotopic (exact) mass is 750 g/mol. The summed E-state index contributed by atoms with van der Waals surface area (Å²) < 4.78 is 33.2. The molecule has 4 aromatic rings. The molecule has 5 rings (SSSR count). The maximum atomic E-state index is 14.0. The predicted molar refractivity (Wildman–Crippen MR) is 196 cm³/mol. The molecule has 284 valence electrons. The Morgan fingerprint density at radius 3 is 2.23 bits per heavy atom. The summed E-state index contributed by atoms with van der Waals surface area (Å²) in [5, 5.41) is 15.5. The largest absolute Gasteiger partial charge is 0.354 e. The van der Waals surface area contributed by atoms with Crippen LogP contribution in [0.2, 0.25) is 0 Å². The van der Waals surface area contributed by atoms with Gasteiger partial charge in [-0.2, -0.15) is 9.40 Å². The first-order valence-electron chi connectivity index (χ1n) is 17.4. The average Bonchev–Trinajstić information content (AvgIpc) is 3.63. The van der Waals surface area contributed by atoms with E-state index < -0.39 is 58.3 Å². The van der Waals surface area contributed by atoms with Crippen LogP contribution in [0.5, 0.6) is 0 Å². The Bertz CT molecular complexity index is 2180. The molecule has 0 spiro atoms. The van der Waals surface area contributed by atoms with Crippen molar-refractivity contribution in [3.8, 4) is 11.4 Å². The van der Waals surface area contributed by atoms with E-state index in [2.05, 4.69) is 31.3 Å². The van der Waals surface area contributed by atoms with Crippen LogP contribution in [-0.4, -0.2) is 92.0 Å². The number of hydrogen-bond donors (Lipinski definition) is 4. The van der Waals surface area contributed by atoms with Crippen LogP contribution >= 0.6 is 0 Å². The van der Waals surface area contributed by atoms with Gasteiger partial charge in [0.25, 0.3) is 0 Å². The Morgan fingerprint density at radius 1 is 0.830 bits per heavy atom. The predicted octanol–water partition coefficient (Wildman–Crippen LogP) is 0.559. The molecule has 1 aliphatic heterocycles. The number of nitrogens with one attached hydrogen (secondary N) is 4. The Balaban J connectivity index is 1.47. The molecule has 0 saturated heterocycles. The van der Waals surface area contributed by atoms with Gasteiger partial charge in [0, 0.05) is 32.7 Å². The number of aromatic nitrogens is 5. The van der Waals surface area contributed by atoms with E-state index in [1.54, 1.807) is 14.0 Å². The fourth-order valence-corrected chi connectivity index (χ4v) is 7.60. The fraction of sp³-hybridized carbons (Fsp3) is 0.457. The van der Waals surface area contributed by atoms with Gasteiger partial charge in [-0.05, 0) is 50.8 Å². The molecule has 4 N–H and O–H groups in total. The first-order chi connectivity index (χ1) is 25.1. The van der Waals surface area contributed by atoms with Crippen LogP contribution in [0.25, 0.3) is 22.4 Å². The number of imidazole rings is 1. The van der Waals surface area contributed by atoms with Crippen molar-refractivity contribution in [1.29, 1.82) is 0 Å². The highest BCUT2D eigenvalue weighted by Gasteiger charge is 2.31.